The lowest BCUT2D eigenvalue weighted by Crippen LogP contribution is -2.44. The number of piperidine rings is 1. The Hall–Kier alpha value is -2.90. The van der Waals surface area contributed by atoms with Gasteiger partial charge in [0.15, 0.2) is 5.82 Å². The minimum absolute atomic E-state index is 0.136. The SMILES string of the molecule is O=C(Cn1c(-c2ccccc2)nn(-c2ccc(Cl)cc2)c1=O)N1CCC[C@@H](O)C1. The first-order chi connectivity index (χ1) is 14.0. The highest BCUT2D eigenvalue weighted by molar-refractivity contribution is 6.30. The molecule has 0 aliphatic carbocycles. The summed E-state index contributed by atoms with van der Waals surface area (Å²) in [6, 6.07) is 16.1. The van der Waals surface area contributed by atoms with Gasteiger partial charge in [0.25, 0.3) is 0 Å². The van der Waals surface area contributed by atoms with Crippen molar-refractivity contribution in [3.05, 3.63) is 70.1 Å². The van der Waals surface area contributed by atoms with E-state index in [-0.39, 0.29) is 12.5 Å². The van der Waals surface area contributed by atoms with Crippen LogP contribution in [0.15, 0.2) is 59.4 Å². The molecule has 2 aromatic carbocycles. The predicted octanol–water partition coefficient (Wildman–Crippen LogP) is 2.34. The lowest BCUT2D eigenvalue weighted by atomic mass is 10.1. The Morgan fingerprint density at radius 2 is 1.86 bits per heavy atom. The van der Waals surface area contributed by atoms with Gasteiger partial charge in [0.1, 0.15) is 6.54 Å². The third-order valence-corrected chi connectivity index (χ3v) is 5.26. The van der Waals surface area contributed by atoms with E-state index >= 15 is 0 Å². The van der Waals surface area contributed by atoms with Crippen molar-refractivity contribution >= 4 is 17.5 Å². The molecule has 1 atom stereocenters. The normalized spacial score (nSPS) is 16.8. The summed E-state index contributed by atoms with van der Waals surface area (Å²) in [7, 11) is 0. The Morgan fingerprint density at radius 3 is 2.55 bits per heavy atom. The van der Waals surface area contributed by atoms with Crippen LogP contribution in [0.2, 0.25) is 5.02 Å². The van der Waals surface area contributed by atoms with E-state index in [9.17, 15) is 14.7 Å². The quantitative estimate of drug-likeness (QED) is 0.713. The second kappa shape index (κ2) is 8.23. The zero-order valence-electron chi connectivity index (χ0n) is 15.7. The summed E-state index contributed by atoms with van der Waals surface area (Å²) in [5.41, 5.74) is 0.900. The smallest absolute Gasteiger partial charge is 0.351 e. The van der Waals surface area contributed by atoms with Gasteiger partial charge in [-0.1, -0.05) is 41.9 Å². The van der Waals surface area contributed by atoms with Crippen LogP contribution >= 0.6 is 11.6 Å². The number of aliphatic hydroxyl groups is 1. The standard InChI is InChI=1S/C21H21ClN4O3/c22-16-8-10-17(11-9-16)26-21(29)25(20(23-26)15-5-2-1-3-6-15)14-19(28)24-12-4-7-18(27)13-24/h1-3,5-6,8-11,18,27H,4,7,12-14H2/t18-/m1/s1. The van der Waals surface area contributed by atoms with Crippen LogP contribution in [0.4, 0.5) is 0 Å². The van der Waals surface area contributed by atoms with E-state index < -0.39 is 11.8 Å². The summed E-state index contributed by atoms with van der Waals surface area (Å²) >= 11 is 5.95. The number of carbonyl (C=O) groups is 1. The van der Waals surface area contributed by atoms with Gasteiger partial charge in [-0.05, 0) is 37.1 Å². The number of amides is 1. The summed E-state index contributed by atoms with van der Waals surface area (Å²) < 4.78 is 2.66. The van der Waals surface area contributed by atoms with Crippen LogP contribution in [0, 0.1) is 0 Å². The topological polar surface area (TPSA) is 80.4 Å². The zero-order chi connectivity index (χ0) is 20.4. The lowest BCUT2D eigenvalue weighted by Gasteiger charge is -2.30. The van der Waals surface area contributed by atoms with Crippen LogP contribution < -0.4 is 5.69 Å². The fourth-order valence-corrected chi connectivity index (χ4v) is 3.63. The minimum Gasteiger partial charge on any atom is -0.391 e. The summed E-state index contributed by atoms with van der Waals surface area (Å²) in [5, 5.41) is 14.9. The second-order valence-corrected chi connectivity index (χ2v) is 7.52. The molecule has 7 nitrogen and oxygen atoms in total. The number of carbonyl (C=O) groups excluding carboxylic acids is 1. The Kier molecular flexibility index (Phi) is 5.51. The number of rotatable bonds is 4. The number of benzene rings is 2. The van der Waals surface area contributed by atoms with Gasteiger partial charge in [0.05, 0.1) is 11.8 Å². The van der Waals surface area contributed by atoms with Crippen LogP contribution in [0.5, 0.6) is 0 Å². The molecule has 4 rings (SSSR count). The first-order valence-corrected chi connectivity index (χ1v) is 9.88. The molecule has 1 fully saturated rings. The molecule has 1 aliphatic heterocycles. The van der Waals surface area contributed by atoms with E-state index in [1.807, 2.05) is 30.3 Å². The molecule has 0 spiro atoms. The van der Waals surface area contributed by atoms with Gasteiger partial charge in [0.2, 0.25) is 5.91 Å². The van der Waals surface area contributed by atoms with Gasteiger partial charge in [-0.15, -0.1) is 5.10 Å². The van der Waals surface area contributed by atoms with Crippen molar-refractivity contribution in [2.24, 2.45) is 0 Å². The molecule has 1 amide bonds. The lowest BCUT2D eigenvalue weighted by molar-refractivity contribution is -0.134. The molecule has 1 aliphatic rings. The maximum absolute atomic E-state index is 13.1. The second-order valence-electron chi connectivity index (χ2n) is 7.08. The number of aromatic nitrogens is 3. The number of halogens is 1. The molecule has 29 heavy (non-hydrogen) atoms. The monoisotopic (exact) mass is 412 g/mol. The van der Waals surface area contributed by atoms with Crippen molar-refractivity contribution in [3.8, 4) is 17.1 Å². The highest BCUT2D eigenvalue weighted by Gasteiger charge is 2.25. The van der Waals surface area contributed by atoms with E-state index in [4.69, 9.17) is 11.6 Å². The molecular formula is C21H21ClN4O3. The fourth-order valence-electron chi connectivity index (χ4n) is 3.51. The zero-order valence-corrected chi connectivity index (χ0v) is 16.5. The number of nitrogens with zero attached hydrogens (tertiary/aromatic N) is 4. The van der Waals surface area contributed by atoms with E-state index in [2.05, 4.69) is 5.10 Å². The molecule has 150 valence electrons. The Labute approximate surface area is 172 Å². The molecular weight excluding hydrogens is 392 g/mol. The Balaban J connectivity index is 1.74. The van der Waals surface area contributed by atoms with Crippen molar-refractivity contribution < 1.29 is 9.90 Å². The first kappa shape index (κ1) is 19.4. The number of likely N-dealkylation sites (tertiary alicyclic amines) is 1. The third kappa shape index (κ3) is 4.11. The molecule has 1 saturated heterocycles. The van der Waals surface area contributed by atoms with Crippen LogP contribution in [0.3, 0.4) is 0 Å². The maximum atomic E-state index is 13.1. The van der Waals surface area contributed by atoms with Crippen molar-refractivity contribution in [2.45, 2.75) is 25.5 Å². The summed E-state index contributed by atoms with van der Waals surface area (Å²) in [6.45, 7) is 0.736. The number of hydrogen-bond donors (Lipinski definition) is 1. The predicted molar refractivity (Wildman–Crippen MR) is 110 cm³/mol. The summed E-state index contributed by atoms with van der Waals surface area (Å²) in [5.74, 6) is 0.204. The summed E-state index contributed by atoms with van der Waals surface area (Å²) in [6.07, 6.45) is 0.917. The van der Waals surface area contributed by atoms with Crippen molar-refractivity contribution in [3.63, 3.8) is 0 Å². The van der Waals surface area contributed by atoms with Gasteiger partial charge in [0, 0.05) is 23.7 Å². The van der Waals surface area contributed by atoms with Gasteiger partial charge in [-0.2, -0.15) is 4.68 Å². The van der Waals surface area contributed by atoms with E-state index in [1.54, 1.807) is 29.2 Å². The van der Waals surface area contributed by atoms with E-state index in [1.165, 1.54) is 9.25 Å². The fraction of sp³-hybridized carbons (Fsp3) is 0.286. The maximum Gasteiger partial charge on any atom is 0.351 e. The summed E-state index contributed by atoms with van der Waals surface area (Å²) in [4.78, 5) is 27.6. The molecule has 0 radical (unpaired) electrons. The third-order valence-electron chi connectivity index (χ3n) is 5.01. The van der Waals surface area contributed by atoms with Crippen LogP contribution in [-0.4, -0.2) is 49.5 Å². The highest BCUT2D eigenvalue weighted by Crippen LogP contribution is 2.18. The highest BCUT2D eigenvalue weighted by atomic mass is 35.5. The average molecular weight is 413 g/mol. The molecule has 1 N–H and O–H groups in total. The van der Waals surface area contributed by atoms with Crippen LogP contribution in [-0.2, 0) is 11.3 Å². The number of β-amino-alcohol motifs (C(OH)–C–C–N with tert-alkyl or cyclic N) is 1. The van der Waals surface area contributed by atoms with Crippen molar-refractivity contribution in [1.29, 1.82) is 0 Å². The Bertz CT molecular complexity index is 1060. The van der Waals surface area contributed by atoms with Crippen LogP contribution in [0.1, 0.15) is 12.8 Å². The molecule has 0 saturated carbocycles. The molecule has 1 aromatic heterocycles. The van der Waals surface area contributed by atoms with Gasteiger partial charge < -0.3 is 10.0 Å². The molecule has 2 heterocycles. The van der Waals surface area contributed by atoms with Gasteiger partial charge >= 0.3 is 5.69 Å². The van der Waals surface area contributed by atoms with E-state index in [0.29, 0.717) is 36.0 Å². The number of hydrogen-bond acceptors (Lipinski definition) is 4. The van der Waals surface area contributed by atoms with E-state index in [0.717, 1.165) is 12.0 Å². The molecule has 8 heteroatoms. The largest absolute Gasteiger partial charge is 0.391 e. The number of aliphatic hydroxyl groups excluding tert-OH is 1. The van der Waals surface area contributed by atoms with Crippen molar-refractivity contribution in [1.82, 2.24) is 19.2 Å². The van der Waals surface area contributed by atoms with Crippen molar-refractivity contribution in [2.75, 3.05) is 13.1 Å². The van der Waals surface area contributed by atoms with Crippen LogP contribution in [0.25, 0.3) is 17.1 Å². The van der Waals surface area contributed by atoms with Gasteiger partial charge in [-0.25, -0.2) is 4.79 Å². The molecule has 0 unspecified atom stereocenters. The first-order valence-electron chi connectivity index (χ1n) is 9.50. The minimum atomic E-state index is -0.519. The van der Waals surface area contributed by atoms with Gasteiger partial charge in [-0.3, -0.25) is 9.36 Å². The average Bonchev–Trinajstić information content (AvgIpc) is 3.05. The molecule has 0 bridgehead atoms. The Morgan fingerprint density at radius 1 is 1.14 bits per heavy atom. The molecule has 3 aromatic rings.